The third-order valence-electron chi connectivity index (χ3n) is 3.31. The number of aliphatic hydroxyl groups is 1. The third kappa shape index (κ3) is 9.28. The van der Waals surface area contributed by atoms with Gasteiger partial charge in [0.2, 0.25) is 0 Å². The van der Waals surface area contributed by atoms with Crippen molar-refractivity contribution in [3.05, 3.63) is 35.4 Å². The van der Waals surface area contributed by atoms with E-state index in [-0.39, 0.29) is 6.61 Å². The zero-order chi connectivity index (χ0) is 15.2. The number of rotatable bonds is 10. The Bertz CT molecular complexity index is 429. The Hall–Kier alpha value is -1.30. The lowest BCUT2D eigenvalue weighted by Crippen LogP contribution is -1.96. The van der Waals surface area contributed by atoms with Crippen molar-refractivity contribution in [2.24, 2.45) is 0 Å². The first-order valence-electron chi connectivity index (χ1n) is 8.13. The molecule has 0 unspecified atom stereocenters. The fourth-order valence-corrected chi connectivity index (χ4v) is 2.13. The maximum Gasteiger partial charge on any atom is 0.0717 e. The highest BCUT2D eigenvalue weighted by Crippen LogP contribution is 2.08. The molecule has 2 heteroatoms. The summed E-state index contributed by atoms with van der Waals surface area (Å²) in [7, 11) is 0. The van der Waals surface area contributed by atoms with E-state index in [1.54, 1.807) is 0 Å². The van der Waals surface area contributed by atoms with Gasteiger partial charge in [0, 0.05) is 18.6 Å². The van der Waals surface area contributed by atoms with Crippen LogP contribution in [0.25, 0.3) is 0 Å². The summed E-state index contributed by atoms with van der Waals surface area (Å²) in [4.78, 5) is 0. The van der Waals surface area contributed by atoms with Crippen molar-refractivity contribution < 1.29 is 9.84 Å². The highest BCUT2D eigenvalue weighted by Gasteiger charge is 1.95. The van der Waals surface area contributed by atoms with Gasteiger partial charge in [-0.2, -0.15) is 0 Å². The summed E-state index contributed by atoms with van der Waals surface area (Å²) in [5.41, 5.74) is 2.15. The van der Waals surface area contributed by atoms with E-state index in [4.69, 9.17) is 9.84 Å². The molecular weight excluding hydrogens is 260 g/mol. The molecule has 0 radical (unpaired) electrons. The highest BCUT2D eigenvalue weighted by atomic mass is 16.5. The average molecular weight is 288 g/mol. The molecule has 116 valence electrons. The Labute approximate surface area is 129 Å². The average Bonchev–Trinajstić information content (AvgIpc) is 2.51. The van der Waals surface area contributed by atoms with Crippen LogP contribution in [-0.2, 0) is 11.3 Å². The van der Waals surface area contributed by atoms with Gasteiger partial charge in [0.25, 0.3) is 0 Å². The molecule has 2 nitrogen and oxygen atoms in total. The first-order chi connectivity index (χ1) is 10.4. The second-order valence-electron chi connectivity index (χ2n) is 5.30. The van der Waals surface area contributed by atoms with Gasteiger partial charge in [0.05, 0.1) is 13.2 Å². The molecule has 0 atom stereocenters. The molecule has 21 heavy (non-hydrogen) atoms. The van der Waals surface area contributed by atoms with Gasteiger partial charge in [-0.15, -0.1) is 0 Å². The fourth-order valence-electron chi connectivity index (χ4n) is 2.13. The maximum atomic E-state index is 8.71. The van der Waals surface area contributed by atoms with Gasteiger partial charge in [-0.3, -0.25) is 0 Å². The lowest BCUT2D eigenvalue weighted by Gasteiger charge is -2.05. The van der Waals surface area contributed by atoms with Crippen LogP contribution in [0.4, 0.5) is 0 Å². The third-order valence-corrected chi connectivity index (χ3v) is 3.31. The van der Waals surface area contributed by atoms with E-state index in [2.05, 4.69) is 30.9 Å². The summed E-state index contributed by atoms with van der Waals surface area (Å²) in [6.45, 7) is 3.86. The van der Waals surface area contributed by atoms with Gasteiger partial charge < -0.3 is 9.84 Å². The highest BCUT2D eigenvalue weighted by molar-refractivity contribution is 5.36. The molecule has 0 saturated heterocycles. The minimum absolute atomic E-state index is 0.119. The van der Waals surface area contributed by atoms with E-state index in [0.29, 0.717) is 13.0 Å². The second-order valence-corrected chi connectivity index (χ2v) is 5.30. The normalized spacial score (nSPS) is 10.2. The number of hydrogen-bond donors (Lipinski definition) is 1. The second kappa shape index (κ2) is 12.4. The first kappa shape index (κ1) is 17.8. The van der Waals surface area contributed by atoms with Gasteiger partial charge in [-0.05, 0) is 24.1 Å². The smallest absolute Gasteiger partial charge is 0.0717 e. The maximum absolute atomic E-state index is 8.71. The van der Waals surface area contributed by atoms with Crippen molar-refractivity contribution in [2.75, 3.05) is 13.2 Å². The molecule has 0 bridgehead atoms. The monoisotopic (exact) mass is 288 g/mol. The van der Waals surface area contributed by atoms with Gasteiger partial charge in [-0.25, -0.2) is 0 Å². The van der Waals surface area contributed by atoms with E-state index < -0.39 is 0 Å². The van der Waals surface area contributed by atoms with Crippen LogP contribution < -0.4 is 0 Å². The van der Waals surface area contributed by atoms with Gasteiger partial charge >= 0.3 is 0 Å². The van der Waals surface area contributed by atoms with Crippen molar-refractivity contribution in [3.8, 4) is 11.8 Å². The molecule has 0 saturated carbocycles. The summed E-state index contributed by atoms with van der Waals surface area (Å²) < 4.78 is 5.72. The van der Waals surface area contributed by atoms with Crippen molar-refractivity contribution in [3.63, 3.8) is 0 Å². The molecule has 1 aromatic rings. The number of benzene rings is 1. The summed E-state index contributed by atoms with van der Waals surface area (Å²) >= 11 is 0. The quantitative estimate of drug-likeness (QED) is 0.514. The molecule has 1 aromatic carbocycles. The largest absolute Gasteiger partial charge is 0.395 e. The van der Waals surface area contributed by atoms with E-state index in [1.807, 2.05) is 12.1 Å². The zero-order valence-corrected chi connectivity index (χ0v) is 13.2. The van der Waals surface area contributed by atoms with Gasteiger partial charge in [0.1, 0.15) is 0 Å². The summed E-state index contributed by atoms with van der Waals surface area (Å²) in [5, 5.41) is 8.71. The van der Waals surface area contributed by atoms with Crippen LogP contribution >= 0.6 is 0 Å². The Kier molecular flexibility index (Phi) is 10.5. The molecule has 0 aliphatic heterocycles. The minimum atomic E-state index is 0.119. The van der Waals surface area contributed by atoms with E-state index in [1.165, 1.54) is 32.1 Å². The molecule has 0 heterocycles. The minimum Gasteiger partial charge on any atom is -0.395 e. The summed E-state index contributed by atoms with van der Waals surface area (Å²) in [6.07, 6.45) is 8.28. The van der Waals surface area contributed by atoms with Crippen LogP contribution in [0.5, 0.6) is 0 Å². The predicted molar refractivity (Wildman–Crippen MR) is 88.1 cm³/mol. The zero-order valence-electron chi connectivity index (χ0n) is 13.2. The topological polar surface area (TPSA) is 29.5 Å². The molecule has 0 fully saturated rings. The van der Waals surface area contributed by atoms with E-state index in [9.17, 15) is 0 Å². The van der Waals surface area contributed by atoms with Crippen molar-refractivity contribution in [1.82, 2.24) is 0 Å². The molecule has 1 N–H and O–H groups in total. The molecule has 0 aromatic heterocycles. The fraction of sp³-hybridized carbons (Fsp3) is 0.579. The summed E-state index contributed by atoms with van der Waals surface area (Å²) in [6, 6.07) is 8.12. The van der Waals surface area contributed by atoms with Crippen LogP contribution in [-0.4, -0.2) is 18.3 Å². The number of unbranched alkanes of at least 4 members (excludes halogenated alkanes) is 5. The predicted octanol–water partition coefficient (Wildman–Crippen LogP) is 4.30. The van der Waals surface area contributed by atoms with E-state index >= 15 is 0 Å². The van der Waals surface area contributed by atoms with Crippen molar-refractivity contribution in [1.29, 1.82) is 0 Å². The van der Waals surface area contributed by atoms with Crippen LogP contribution in [0.3, 0.4) is 0 Å². The van der Waals surface area contributed by atoms with Crippen molar-refractivity contribution in [2.45, 2.75) is 58.5 Å². The first-order valence-corrected chi connectivity index (χ1v) is 8.13. The number of ether oxygens (including phenoxy) is 1. The van der Waals surface area contributed by atoms with Crippen LogP contribution in [0, 0.1) is 11.8 Å². The Morgan fingerprint density at radius 1 is 1.10 bits per heavy atom. The lowest BCUT2D eigenvalue weighted by molar-refractivity contribution is 0.116. The summed E-state index contributed by atoms with van der Waals surface area (Å²) in [5.74, 6) is 5.99. The Morgan fingerprint density at radius 3 is 2.71 bits per heavy atom. The molecule has 0 amide bonds. The molecule has 1 rings (SSSR count). The number of hydrogen-bond acceptors (Lipinski definition) is 2. The molecule has 0 aliphatic carbocycles. The van der Waals surface area contributed by atoms with Crippen molar-refractivity contribution >= 4 is 0 Å². The van der Waals surface area contributed by atoms with E-state index in [0.717, 1.165) is 24.2 Å². The van der Waals surface area contributed by atoms with Gasteiger partial charge in [-0.1, -0.05) is 63.0 Å². The SMILES string of the molecule is CCCCCCCCOCc1cccc(C#CCCO)c1. The Morgan fingerprint density at radius 2 is 1.90 bits per heavy atom. The molecular formula is C19H28O2. The molecule has 0 aliphatic rings. The van der Waals surface area contributed by atoms with Gasteiger partial charge in [0.15, 0.2) is 0 Å². The molecule has 0 spiro atoms. The van der Waals surface area contributed by atoms with Crippen LogP contribution in [0.2, 0.25) is 0 Å². The Balaban J connectivity index is 2.17. The van der Waals surface area contributed by atoms with Crippen LogP contribution in [0.15, 0.2) is 24.3 Å². The standard InChI is InChI=1S/C19H28O2/c1-2-3-4-5-6-9-15-21-17-19-13-10-12-18(16-19)11-7-8-14-20/h10,12-13,16,20H,2-6,8-9,14-15,17H2,1H3. The lowest BCUT2D eigenvalue weighted by atomic mass is 10.1. The number of aliphatic hydroxyl groups excluding tert-OH is 1. The van der Waals surface area contributed by atoms with Crippen LogP contribution in [0.1, 0.15) is 63.0 Å².